The summed E-state index contributed by atoms with van der Waals surface area (Å²) in [4.78, 5) is 35.1. The van der Waals surface area contributed by atoms with E-state index in [0.29, 0.717) is 37.4 Å². The van der Waals surface area contributed by atoms with Gasteiger partial charge < -0.3 is 16.0 Å². The van der Waals surface area contributed by atoms with E-state index in [4.69, 9.17) is 0 Å². The molecule has 2 aromatic heterocycles. The Morgan fingerprint density at radius 2 is 1.88 bits per heavy atom. The molecule has 8 nitrogen and oxygen atoms in total. The van der Waals surface area contributed by atoms with E-state index in [1.807, 2.05) is 0 Å². The smallest absolute Gasteiger partial charge is 0.277 e. The zero-order chi connectivity index (χ0) is 22.9. The molecule has 3 N–H and O–H groups in total. The van der Waals surface area contributed by atoms with Crippen LogP contribution in [0.3, 0.4) is 0 Å². The number of nitrogens with one attached hydrogen (secondary N) is 3. The first-order chi connectivity index (χ1) is 16.0. The summed E-state index contributed by atoms with van der Waals surface area (Å²) < 4.78 is 1.55. The number of fused-ring (bicyclic) bond motifs is 2. The zero-order valence-electron chi connectivity index (χ0n) is 18.9. The molecule has 33 heavy (non-hydrogen) atoms. The first kappa shape index (κ1) is 21.3. The first-order valence-electron chi connectivity index (χ1n) is 11.3. The average Bonchev–Trinajstić information content (AvgIpc) is 3.43. The van der Waals surface area contributed by atoms with Crippen molar-refractivity contribution in [3.63, 3.8) is 0 Å². The van der Waals surface area contributed by atoms with Crippen LogP contribution >= 0.6 is 0 Å². The van der Waals surface area contributed by atoms with E-state index in [1.165, 1.54) is 16.7 Å². The molecule has 3 aromatic rings. The Morgan fingerprint density at radius 3 is 2.70 bits per heavy atom. The van der Waals surface area contributed by atoms with Crippen LogP contribution in [0.1, 0.15) is 51.8 Å². The van der Waals surface area contributed by atoms with E-state index in [1.54, 1.807) is 17.0 Å². The van der Waals surface area contributed by atoms with Crippen LogP contribution in [0.2, 0.25) is 0 Å². The summed E-state index contributed by atoms with van der Waals surface area (Å²) in [6, 6.07) is 7.84. The second-order valence-corrected chi connectivity index (χ2v) is 8.94. The number of benzene rings is 1. The Hall–Kier alpha value is -3.52. The lowest BCUT2D eigenvalue weighted by Crippen LogP contribution is -2.36. The van der Waals surface area contributed by atoms with Gasteiger partial charge in [-0.2, -0.15) is 0 Å². The van der Waals surface area contributed by atoms with Gasteiger partial charge in [0, 0.05) is 38.8 Å². The van der Waals surface area contributed by atoms with Crippen molar-refractivity contribution < 1.29 is 4.79 Å². The summed E-state index contributed by atoms with van der Waals surface area (Å²) in [5.41, 5.74) is 6.87. The molecule has 0 bridgehead atoms. The van der Waals surface area contributed by atoms with Gasteiger partial charge in [0.15, 0.2) is 0 Å². The summed E-state index contributed by atoms with van der Waals surface area (Å²) in [6.07, 6.45) is 4.57. The lowest BCUT2D eigenvalue weighted by atomic mass is 10.1. The summed E-state index contributed by atoms with van der Waals surface area (Å²) in [7, 11) is 0. The van der Waals surface area contributed by atoms with Crippen LogP contribution in [0.5, 0.6) is 0 Å². The fourth-order valence-corrected chi connectivity index (χ4v) is 4.76. The quantitative estimate of drug-likeness (QED) is 0.539. The molecule has 4 heterocycles. The summed E-state index contributed by atoms with van der Waals surface area (Å²) in [5, 5.41) is 9.47. The molecule has 1 amide bonds. The van der Waals surface area contributed by atoms with Crippen molar-refractivity contribution in [2.75, 3.05) is 5.32 Å². The number of carbonyl (C=O) groups excluding carboxylic acids is 1. The maximum absolute atomic E-state index is 13.2. The summed E-state index contributed by atoms with van der Waals surface area (Å²) in [5.74, 6) is 0.491. The van der Waals surface area contributed by atoms with E-state index in [-0.39, 0.29) is 11.5 Å². The molecule has 0 fully saturated rings. The number of carbonyl (C=O) groups is 1. The molecular formula is C25H28N6O2. The largest absolute Gasteiger partial charge is 0.375 e. The van der Waals surface area contributed by atoms with E-state index in [9.17, 15) is 9.59 Å². The number of amides is 1. The fraction of sp³-hybridized carbons (Fsp3) is 0.360. The Labute approximate surface area is 192 Å². The Bertz CT molecular complexity index is 1260. The Balaban J connectivity index is 1.29. The van der Waals surface area contributed by atoms with Crippen LogP contribution in [-0.2, 0) is 37.4 Å². The number of rotatable bonds is 6. The molecule has 2 aliphatic rings. The van der Waals surface area contributed by atoms with E-state index >= 15 is 0 Å². The molecule has 1 aromatic carbocycles. The van der Waals surface area contributed by atoms with Crippen molar-refractivity contribution in [3.05, 3.63) is 86.3 Å². The van der Waals surface area contributed by atoms with Crippen LogP contribution in [-0.4, -0.2) is 20.4 Å². The third-order valence-electron chi connectivity index (χ3n) is 6.28. The predicted molar refractivity (Wildman–Crippen MR) is 126 cm³/mol. The van der Waals surface area contributed by atoms with Gasteiger partial charge in [-0.05, 0) is 43.0 Å². The fourth-order valence-electron chi connectivity index (χ4n) is 4.76. The van der Waals surface area contributed by atoms with Gasteiger partial charge in [0.1, 0.15) is 17.6 Å². The second-order valence-electron chi connectivity index (χ2n) is 8.94. The molecule has 170 valence electrons. The molecule has 0 saturated carbocycles. The minimum Gasteiger partial charge on any atom is -0.375 e. The van der Waals surface area contributed by atoms with E-state index in [0.717, 1.165) is 29.9 Å². The lowest BCUT2D eigenvalue weighted by molar-refractivity contribution is -0.124. The molecular weight excluding hydrogens is 416 g/mol. The molecule has 0 aliphatic carbocycles. The minimum absolute atomic E-state index is 0.164. The standard InChI is InChI=1S/C25H28N6O2/c1-15-5-16(2)7-17(6-15)9-28-21-14-29-23-4-3-22(31(23)25(21)33)24(32)30-11-18-8-19-12-26-13-20(19)27-10-18/h5-8,10,14,22,26,28H,3-4,9,11-13H2,1-2H3,(H,30,32)/t22-/m0/s1. The van der Waals surface area contributed by atoms with Crippen LogP contribution in [0.4, 0.5) is 5.69 Å². The normalized spacial score (nSPS) is 16.4. The number of anilines is 1. The molecule has 0 radical (unpaired) electrons. The minimum atomic E-state index is -0.549. The number of hydrogen-bond donors (Lipinski definition) is 3. The highest BCUT2D eigenvalue weighted by molar-refractivity contribution is 5.80. The molecule has 5 rings (SSSR count). The Kier molecular flexibility index (Phi) is 5.68. The average molecular weight is 445 g/mol. The van der Waals surface area contributed by atoms with Crippen molar-refractivity contribution >= 4 is 11.6 Å². The van der Waals surface area contributed by atoms with Crippen molar-refractivity contribution in [1.29, 1.82) is 0 Å². The number of aryl methyl sites for hydroxylation is 3. The van der Waals surface area contributed by atoms with Gasteiger partial charge in [-0.25, -0.2) is 4.98 Å². The van der Waals surface area contributed by atoms with Crippen LogP contribution < -0.4 is 21.5 Å². The highest BCUT2D eigenvalue weighted by Gasteiger charge is 2.31. The highest BCUT2D eigenvalue weighted by atomic mass is 16.2. The van der Waals surface area contributed by atoms with Gasteiger partial charge in [0.05, 0.1) is 11.9 Å². The van der Waals surface area contributed by atoms with Crippen molar-refractivity contribution in [2.45, 2.75) is 58.9 Å². The molecule has 1 atom stereocenters. The molecule has 0 spiro atoms. The first-order valence-corrected chi connectivity index (χ1v) is 11.3. The van der Waals surface area contributed by atoms with Gasteiger partial charge >= 0.3 is 0 Å². The van der Waals surface area contributed by atoms with Crippen LogP contribution in [0.15, 0.2) is 41.5 Å². The lowest BCUT2D eigenvalue weighted by Gasteiger charge is -2.16. The van der Waals surface area contributed by atoms with Gasteiger partial charge in [-0.3, -0.25) is 19.1 Å². The van der Waals surface area contributed by atoms with Crippen molar-refractivity contribution in [2.24, 2.45) is 0 Å². The van der Waals surface area contributed by atoms with Gasteiger partial charge in [0.25, 0.3) is 5.56 Å². The van der Waals surface area contributed by atoms with Gasteiger partial charge in [-0.1, -0.05) is 29.3 Å². The maximum atomic E-state index is 13.2. The number of pyridine rings is 1. The third-order valence-corrected chi connectivity index (χ3v) is 6.28. The predicted octanol–water partition coefficient (Wildman–Crippen LogP) is 2.27. The van der Waals surface area contributed by atoms with Gasteiger partial charge in [-0.15, -0.1) is 0 Å². The molecule has 8 heteroatoms. The van der Waals surface area contributed by atoms with Gasteiger partial charge in [0.2, 0.25) is 5.91 Å². The second kappa shape index (κ2) is 8.78. The maximum Gasteiger partial charge on any atom is 0.277 e. The van der Waals surface area contributed by atoms with E-state index in [2.05, 4.69) is 64.0 Å². The number of hydrogen-bond acceptors (Lipinski definition) is 6. The summed E-state index contributed by atoms with van der Waals surface area (Å²) in [6.45, 7) is 6.62. The zero-order valence-corrected chi connectivity index (χ0v) is 18.9. The Morgan fingerprint density at radius 1 is 1.06 bits per heavy atom. The topological polar surface area (TPSA) is 101 Å². The van der Waals surface area contributed by atoms with Crippen LogP contribution in [0, 0.1) is 13.8 Å². The molecule has 2 aliphatic heterocycles. The van der Waals surface area contributed by atoms with Crippen LogP contribution in [0.25, 0.3) is 0 Å². The number of nitrogens with zero attached hydrogens (tertiary/aromatic N) is 3. The third kappa shape index (κ3) is 4.39. The molecule has 0 unspecified atom stereocenters. The highest BCUT2D eigenvalue weighted by Crippen LogP contribution is 2.24. The number of aromatic nitrogens is 3. The monoisotopic (exact) mass is 444 g/mol. The van der Waals surface area contributed by atoms with E-state index < -0.39 is 6.04 Å². The summed E-state index contributed by atoms with van der Waals surface area (Å²) >= 11 is 0. The van der Waals surface area contributed by atoms with Crippen molar-refractivity contribution in [3.8, 4) is 0 Å². The SMILES string of the molecule is Cc1cc(C)cc(CNc2cnc3n(c2=O)[C@H](C(=O)NCc2cnc4c(c2)CNC4)CC3)c1. The van der Waals surface area contributed by atoms with Crippen molar-refractivity contribution in [1.82, 2.24) is 25.2 Å². The molecule has 0 saturated heterocycles.